The van der Waals surface area contributed by atoms with Crippen molar-refractivity contribution in [2.24, 2.45) is 11.8 Å². The summed E-state index contributed by atoms with van der Waals surface area (Å²) in [6.07, 6.45) is 3.44. The summed E-state index contributed by atoms with van der Waals surface area (Å²) < 4.78 is 16.7. The van der Waals surface area contributed by atoms with Crippen LogP contribution in [0.3, 0.4) is 0 Å². The molecule has 2 fully saturated rings. The summed E-state index contributed by atoms with van der Waals surface area (Å²) in [4.78, 5) is 28.3. The van der Waals surface area contributed by atoms with Crippen LogP contribution in [-0.2, 0) is 14.3 Å². The van der Waals surface area contributed by atoms with Crippen LogP contribution in [0.4, 0.5) is 11.4 Å². The molecule has 0 radical (unpaired) electrons. The van der Waals surface area contributed by atoms with E-state index in [0.717, 1.165) is 5.69 Å². The first-order valence-corrected chi connectivity index (χ1v) is 9.83. The van der Waals surface area contributed by atoms with Gasteiger partial charge < -0.3 is 24.4 Å². The lowest BCUT2D eigenvalue weighted by atomic mass is 9.77. The van der Waals surface area contributed by atoms with Crippen molar-refractivity contribution in [3.63, 3.8) is 0 Å². The number of ether oxygens (including phenoxy) is 3. The highest BCUT2D eigenvalue weighted by molar-refractivity contribution is 6.05. The summed E-state index contributed by atoms with van der Waals surface area (Å²) in [5.74, 6) is -0.377. The minimum atomic E-state index is -0.753. The van der Waals surface area contributed by atoms with E-state index < -0.39 is 23.5 Å². The van der Waals surface area contributed by atoms with Crippen molar-refractivity contribution in [3.8, 4) is 11.5 Å². The number of amides is 2. The van der Waals surface area contributed by atoms with Gasteiger partial charge in [-0.3, -0.25) is 9.59 Å². The Kier molecular flexibility index (Phi) is 4.29. The number of rotatable bonds is 5. The van der Waals surface area contributed by atoms with Crippen LogP contribution < -0.4 is 19.7 Å². The molecule has 7 nitrogen and oxygen atoms in total. The zero-order chi connectivity index (χ0) is 20.9. The molecule has 0 aromatic heterocycles. The zero-order valence-electron chi connectivity index (χ0n) is 16.7. The Balaban J connectivity index is 1.41. The summed E-state index contributed by atoms with van der Waals surface area (Å²) >= 11 is 0. The van der Waals surface area contributed by atoms with Crippen LogP contribution >= 0.6 is 0 Å². The normalized spacial score (nSPS) is 28.5. The lowest BCUT2D eigenvalue weighted by molar-refractivity contribution is -0.128. The van der Waals surface area contributed by atoms with Gasteiger partial charge in [-0.25, -0.2) is 0 Å². The van der Waals surface area contributed by atoms with E-state index >= 15 is 0 Å². The number of carbonyl (C=O) groups is 2. The van der Waals surface area contributed by atoms with Gasteiger partial charge in [0.25, 0.3) is 0 Å². The van der Waals surface area contributed by atoms with Crippen LogP contribution in [-0.4, -0.2) is 44.3 Å². The quantitative estimate of drug-likeness (QED) is 0.773. The Labute approximate surface area is 174 Å². The SMILES string of the molecule is COc1ccc(NC(=O)C2C3C(=O)N(c4ccccc4)C[C@]34C=C[C@H]2O4)cc1OC. The van der Waals surface area contributed by atoms with E-state index in [9.17, 15) is 9.59 Å². The van der Waals surface area contributed by atoms with Gasteiger partial charge in [-0.15, -0.1) is 0 Å². The van der Waals surface area contributed by atoms with Crippen molar-refractivity contribution < 1.29 is 23.8 Å². The van der Waals surface area contributed by atoms with Gasteiger partial charge in [-0.2, -0.15) is 0 Å². The number of carbonyl (C=O) groups excluding carboxylic acids is 2. The number of hydrogen-bond acceptors (Lipinski definition) is 5. The van der Waals surface area contributed by atoms with Gasteiger partial charge in [0, 0.05) is 17.4 Å². The van der Waals surface area contributed by atoms with Crippen molar-refractivity contribution in [3.05, 3.63) is 60.7 Å². The molecule has 2 saturated heterocycles. The summed E-state index contributed by atoms with van der Waals surface area (Å²) in [5, 5.41) is 2.92. The minimum Gasteiger partial charge on any atom is -0.493 e. The number of fused-ring (bicyclic) bond motifs is 1. The molecule has 2 aromatic carbocycles. The summed E-state index contributed by atoms with van der Waals surface area (Å²) in [5.41, 5.74) is 0.631. The fraction of sp³-hybridized carbons (Fsp3) is 0.304. The van der Waals surface area contributed by atoms with Crippen molar-refractivity contribution in [1.29, 1.82) is 0 Å². The Bertz CT molecular complexity index is 1040. The zero-order valence-corrected chi connectivity index (χ0v) is 16.7. The van der Waals surface area contributed by atoms with E-state index in [1.807, 2.05) is 42.5 Å². The van der Waals surface area contributed by atoms with E-state index in [0.29, 0.717) is 23.7 Å². The van der Waals surface area contributed by atoms with Crippen LogP contribution in [0.15, 0.2) is 60.7 Å². The van der Waals surface area contributed by atoms with Crippen molar-refractivity contribution >= 4 is 23.2 Å². The number of anilines is 2. The molecular weight excluding hydrogens is 384 g/mol. The third-order valence-corrected chi connectivity index (χ3v) is 6.12. The maximum Gasteiger partial charge on any atom is 0.234 e. The van der Waals surface area contributed by atoms with E-state index in [1.165, 1.54) is 7.11 Å². The first kappa shape index (κ1) is 18.7. The molecule has 4 atom stereocenters. The van der Waals surface area contributed by atoms with Crippen LogP contribution in [0, 0.1) is 11.8 Å². The number of para-hydroxylation sites is 1. The van der Waals surface area contributed by atoms with Gasteiger partial charge in [0.1, 0.15) is 5.60 Å². The van der Waals surface area contributed by atoms with E-state index in [4.69, 9.17) is 14.2 Å². The predicted octanol–water partition coefficient (Wildman–Crippen LogP) is 2.63. The number of nitrogens with one attached hydrogen (secondary N) is 1. The molecule has 30 heavy (non-hydrogen) atoms. The highest BCUT2D eigenvalue weighted by atomic mass is 16.5. The second kappa shape index (κ2) is 6.88. The highest BCUT2D eigenvalue weighted by Gasteiger charge is 2.67. The van der Waals surface area contributed by atoms with Crippen molar-refractivity contribution in [1.82, 2.24) is 0 Å². The molecule has 2 bridgehead atoms. The third kappa shape index (κ3) is 2.69. The monoisotopic (exact) mass is 406 g/mol. The molecule has 1 N–H and O–H groups in total. The average Bonchev–Trinajstić information content (AvgIpc) is 3.42. The fourth-order valence-corrected chi connectivity index (χ4v) is 4.76. The Morgan fingerprint density at radius 2 is 1.90 bits per heavy atom. The second-order valence-corrected chi connectivity index (χ2v) is 7.72. The van der Waals surface area contributed by atoms with Gasteiger partial charge in [0.15, 0.2) is 11.5 Å². The molecule has 2 aromatic rings. The molecule has 2 amide bonds. The standard InChI is InChI=1S/C23H22N2O5/c1-28-16-9-8-14(12-18(16)29-2)24-21(26)19-17-10-11-23(30-17)13-25(22(27)20(19)23)15-6-4-3-5-7-15/h3-12,17,19-20H,13H2,1-2H3,(H,24,26)/t17-,19?,20?,23-/m1/s1. The molecule has 0 saturated carbocycles. The van der Waals surface area contributed by atoms with Gasteiger partial charge in [0.05, 0.1) is 38.7 Å². The molecule has 3 heterocycles. The summed E-state index contributed by atoms with van der Waals surface area (Å²) in [7, 11) is 3.09. The topological polar surface area (TPSA) is 77.1 Å². The molecular formula is C23H22N2O5. The van der Waals surface area contributed by atoms with Gasteiger partial charge in [-0.05, 0) is 24.3 Å². The minimum absolute atomic E-state index is 0.0829. The molecule has 0 aliphatic carbocycles. The van der Waals surface area contributed by atoms with Crippen LogP contribution in [0.25, 0.3) is 0 Å². The molecule has 1 spiro atoms. The lowest BCUT2D eigenvalue weighted by Crippen LogP contribution is -2.41. The first-order chi connectivity index (χ1) is 14.6. The molecule has 154 valence electrons. The molecule has 3 aliphatic heterocycles. The maximum absolute atomic E-state index is 13.3. The van der Waals surface area contributed by atoms with Crippen LogP contribution in [0.1, 0.15) is 0 Å². The smallest absolute Gasteiger partial charge is 0.234 e. The fourth-order valence-electron chi connectivity index (χ4n) is 4.76. The Morgan fingerprint density at radius 1 is 1.13 bits per heavy atom. The Morgan fingerprint density at radius 3 is 2.63 bits per heavy atom. The summed E-state index contributed by atoms with van der Waals surface area (Å²) in [6.45, 7) is 0.410. The number of nitrogens with zero attached hydrogens (tertiary/aromatic N) is 1. The van der Waals surface area contributed by atoms with Gasteiger partial charge in [0.2, 0.25) is 11.8 Å². The van der Waals surface area contributed by atoms with E-state index in [2.05, 4.69) is 5.32 Å². The Hall–Kier alpha value is -3.32. The van der Waals surface area contributed by atoms with Crippen LogP contribution in [0.2, 0.25) is 0 Å². The number of methoxy groups -OCH3 is 2. The third-order valence-electron chi connectivity index (χ3n) is 6.12. The molecule has 5 rings (SSSR count). The van der Waals surface area contributed by atoms with Crippen molar-refractivity contribution in [2.45, 2.75) is 11.7 Å². The van der Waals surface area contributed by atoms with Crippen molar-refractivity contribution in [2.75, 3.05) is 31.0 Å². The average molecular weight is 406 g/mol. The number of hydrogen-bond donors (Lipinski definition) is 1. The van der Waals surface area contributed by atoms with E-state index in [1.54, 1.807) is 30.2 Å². The molecule has 3 aliphatic rings. The molecule has 2 unspecified atom stereocenters. The van der Waals surface area contributed by atoms with Gasteiger partial charge in [-0.1, -0.05) is 30.4 Å². The predicted molar refractivity (Wildman–Crippen MR) is 111 cm³/mol. The summed E-state index contributed by atoms with van der Waals surface area (Å²) in [6, 6.07) is 14.6. The van der Waals surface area contributed by atoms with Crippen LogP contribution in [0.5, 0.6) is 11.5 Å². The highest BCUT2D eigenvalue weighted by Crippen LogP contribution is 2.52. The number of benzene rings is 2. The largest absolute Gasteiger partial charge is 0.493 e. The molecule has 7 heteroatoms. The second-order valence-electron chi connectivity index (χ2n) is 7.72. The van der Waals surface area contributed by atoms with Gasteiger partial charge >= 0.3 is 0 Å². The first-order valence-electron chi connectivity index (χ1n) is 9.83. The van der Waals surface area contributed by atoms with E-state index in [-0.39, 0.29) is 11.8 Å². The lowest BCUT2D eigenvalue weighted by Gasteiger charge is -2.23. The maximum atomic E-state index is 13.3.